The molecule has 0 N–H and O–H groups in total. The first kappa shape index (κ1) is 31.2. The van der Waals surface area contributed by atoms with E-state index >= 15 is 0 Å². The number of hydrogen-bond acceptors (Lipinski definition) is 2. The monoisotopic (exact) mass is 739 g/mol. The SMILES string of the molecule is c1ccc2c(c1)-c1ccccc1C21c2ccccc2-c2ccc(N(c3ccc4c(c3)sc3ccccc34)c3ccc4c5ccccc5c5ccccc5c4c3)cc21. The Kier molecular flexibility index (Phi) is 6.31. The molecule has 264 valence electrons. The fraction of sp³-hybridized carbons (Fsp3) is 0.0182. The Hall–Kier alpha value is -7.00. The van der Waals surface area contributed by atoms with Crippen LogP contribution in [-0.2, 0) is 5.41 Å². The fourth-order valence-electron chi connectivity index (χ4n) is 10.6. The van der Waals surface area contributed by atoms with Gasteiger partial charge in [0.25, 0.3) is 0 Å². The Morgan fingerprint density at radius 3 is 1.30 bits per heavy atom. The molecule has 10 aromatic carbocycles. The van der Waals surface area contributed by atoms with Crippen LogP contribution in [-0.4, -0.2) is 0 Å². The highest BCUT2D eigenvalue weighted by Crippen LogP contribution is 2.63. The molecule has 1 spiro atoms. The second-order valence-electron chi connectivity index (χ2n) is 15.6. The van der Waals surface area contributed by atoms with Crippen molar-refractivity contribution in [3.63, 3.8) is 0 Å². The molecule has 2 aliphatic carbocycles. The molecule has 57 heavy (non-hydrogen) atoms. The zero-order valence-electron chi connectivity index (χ0n) is 30.9. The van der Waals surface area contributed by atoms with Crippen molar-refractivity contribution in [3.05, 3.63) is 222 Å². The summed E-state index contributed by atoms with van der Waals surface area (Å²) in [5.41, 5.74) is 13.7. The van der Waals surface area contributed by atoms with Gasteiger partial charge in [0.05, 0.1) is 5.41 Å². The molecule has 2 aliphatic rings. The number of anilines is 3. The highest BCUT2D eigenvalue weighted by Gasteiger charge is 2.51. The Labute approximate surface area is 334 Å². The lowest BCUT2D eigenvalue weighted by molar-refractivity contribution is 0.793. The van der Waals surface area contributed by atoms with Crippen LogP contribution in [0.4, 0.5) is 17.1 Å². The van der Waals surface area contributed by atoms with Crippen LogP contribution in [0, 0.1) is 0 Å². The summed E-state index contributed by atoms with van der Waals surface area (Å²) in [7, 11) is 0. The van der Waals surface area contributed by atoms with Crippen LogP contribution in [0.5, 0.6) is 0 Å². The molecule has 0 saturated carbocycles. The van der Waals surface area contributed by atoms with Crippen molar-refractivity contribution in [2.75, 3.05) is 4.90 Å². The second-order valence-corrected chi connectivity index (χ2v) is 16.6. The Morgan fingerprint density at radius 2 is 0.684 bits per heavy atom. The normalized spacial score (nSPS) is 13.4. The average molecular weight is 740 g/mol. The minimum atomic E-state index is -0.422. The molecule has 13 rings (SSSR count). The van der Waals surface area contributed by atoms with Crippen LogP contribution in [0.25, 0.3) is 74.7 Å². The van der Waals surface area contributed by atoms with Gasteiger partial charge in [0.15, 0.2) is 0 Å². The molecule has 0 radical (unpaired) electrons. The van der Waals surface area contributed by atoms with Gasteiger partial charge in [-0.25, -0.2) is 0 Å². The van der Waals surface area contributed by atoms with Gasteiger partial charge in [-0.15, -0.1) is 11.3 Å². The molecule has 0 bridgehead atoms. The van der Waals surface area contributed by atoms with Gasteiger partial charge < -0.3 is 4.90 Å². The summed E-state index contributed by atoms with van der Waals surface area (Å²) in [5.74, 6) is 0. The summed E-state index contributed by atoms with van der Waals surface area (Å²) < 4.78 is 2.61. The molecular formula is C55H33NS. The van der Waals surface area contributed by atoms with Gasteiger partial charge >= 0.3 is 0 Å². The molecular weight excluding hydrogens is 707 g/mol. The third-order valence-corrected chi connectivity index (χ3v) is 14.0. The number of thiophene rings is 1. The second kappa shape index (κ2) is 11.5. The fourth-order valence-corrected chi connectivity index (χ4v) is 11.7. The number of rotatable bonds is 3. The zero-order valence-corrected chi connectivity index (χ0v) is 31.7. The van der Waals surface area contributed by atoms with Crippen LogP contribution in [0.15, 0.2) is 200 Å². The maximum absolute atomic E-state index is 2.51. The summed E-state index contributed by atoms with van der Waals surface area (Å²) in [5, 5.41) is 10.3. The first-order valence-electron chi connectivity index (χ1n) is 19.8. The van der Waals surface area contributed by atoms with Crippen LogP contribution in [0.3, 0.4) is 0 Å². The van der Waals surface area contributed by atoms with Crippen LogP contribution in [0.1, 0.15) is 22.3 Å². The van der Waals surface area contributed by atoms with Crippen molar-refractivity contribution < 1.29 is 0 Å². The van der Waals surface area contributed by atoms with E-state index in [0.29, 0.717) is 0 Å². The van der Waals surface area contributed by atoms with Crippen molar-refractivity contribution in [2.45, 2.75) is 5.41 Å². The summed E-state index contributed by atoms with van der Waals surface area (Å²) in [6.45, 7) is 0. The summed E-state index contributed by atoms with van der Waals surface area (Å²) in [6.07, 6.45) is 0. The molecule has 1 heterocycles. The molecule has 0 unspecified atom stereocenters. The topological polar surface area (TPSA) is 3.24 Å². The van der Waals surface area contributed by atoms with Crippen molar-refractivity contribution >= 4 is 80.9 Å². The van der Waals surface area contributed by atoms with E-state index in [1.165, 1.54) is 97.0 Å². The molecule has 1 aromatic heterocycles. The summed E-state index contributed by atoms with van der Waals surface area (Å²) in [4.78, 5) is 2.50. The highest BCUT2D eigenvalue weighted by atomic mass is 32.1. The van der Waals surface area contributed by atoms with Gasteiger partial charge in [-0.1, -0.05) is 158 Å². The third-order valence-electron chi connectivity index (χ3n) is 12.8. The summed E-state index contributed by atoms with van der Waals surface area (Å²) in [6, 6.07) is 75.1. The predicted octanol–water partition coefficient (Wildman–Crippen LogP) is 15.3. The van der Waals surface area contributed by atoms with Crippen molar-refractivity contribution in [2.24, 2.45) is 0 Å². The number of benzene rings is 10. The van der Waals surface area contributed by atoms with E-state index in [2.05, 4.69) is 205 Å². The zero-order chi connectivity index (χ0) is 37.2. The van der Waals surface area contributed by atoms with Gasteiger partial charge in [0.1, 0.15) is 0 Å². The lowest BCUT2D eigenvalue weighted by atomic mass is 9.70. The molecule has 0 aliphatic heterocycles. The lowest BCUT2D eigenvalue weighted by Crippen LogP contribution is -2.26. The van der Waals surface area contributed by atoms with Gasteiger partial charge in [-0.05, 0) is 119 Å². The van der Waals surface area contributed by atoms with Crippen LogP contribution >= 0.6 is 11.3 Å². The summed E-state index contributed by atoms with van der Waals surface area (Å²) >= 11 is 1.87. The van der Waals surface area contributed by atoms with Crippen LogP contribution < -0.4 is 4.90 Å². The van der Waals surface area contributed by atoms with Crippen molar-refractivity contribution in [1.29, 1.82) is 0 Å². The molecule has 0 saturated heterocycles. The molecule has 0 atom stereocenters. The first-order valence-corrected chi connectivity index (χ1v) is 20.6. The molecule has 0 amide bonds. The highest BCUT2D eigenvalue weighted by molar-refractivity contribution is 7.25. The average Bonchev–Trinajstić information content (AvgIpc) is 3.90. The number of nitrogens with zero attached hydrogens (tertiary/aromatic N) is 1. The quantitative estimate of drug-likeness (QED) is 0.163. The maximum atomic E-state index is 2.51. The third kappa shape index (κ3) is 4.12. The molecule has 1 nitrogen and oxygen atoms in total. The first-order chi connectivity index (χ1) is 28.3. The molecule has 11 aromatic rings. The lowest BCUT2D eigenvalue weighted by Gasteiger charge is -2.32. The van der Waals surface area contributed by atoms with Gasteiger partial charge in [0, 0.05) is 37.2 Å². The van der Waals surface area contributed by atoms with E-state index in [9.17, 15) is 0 Å². The van der Waals surface area contributed by atoms with Gasteiger partial charge in [-0.2, -0.15) is 0 Å². The minimum Gasteiger partial charge on any atom is -0.310 e. The van der Waals surface area contributed by atoms with Gasteiger partial charge in [-0.3, -0.25) is 0 Å². The van der Waals surface area contributed by atoms with E-state index in [1.54, 1.807) is 0 Å². The van der Waals surface area contributed by atoms with Crippen molar-refractivity contribution in [1.82, 2.24) is 0 Å². The van der Waals surface area contributed by atoms with E-state index < -0.39 is 5.41 Å². The number of fused-ring (bicyclic) bond motifs is 19. The van der Waals surface area contributed by atoms with E-state index in [-0.39, 0.29) is 0 Å². The van der Waals surface area contributed by atoms with Crippen LogP contribution in [0.2, 0.25) is 0 Å². The Bertz CT molecular complexity index is 3400. The largest absolute Gasteiger partial charge is 0.310 e. The van der Waals surface area contributed by atoms with E-state index in [0.717, 1.165) is 17.1 Å². The van der Waals surface area contributed by atoms with E-state index in [1.807, 2.05) is 11.3 Å². The number of hydrogen-bond donors (Lipinski definition) is 0. The maximum Gasteiger partial charge on any atom is 0.0726 e. The molecule has 2 heteroatoms. The standard InChI is InChI=1S/C55H33NS/c1-2-15-39-37(13-1)38-14-3-4-16-40(38)48-31-34(25-28-41(39)48)56(36-27-30-47-46-20-8-12-24-53(46)57-54(47)33-36)35-26-29-45-44-19-7-11-23-51(44)55(52(45)32-35)49-21-9-5-17-42(49)43-18-6-10-22-50(43)55/h1-33H. The Balaban J connectivity index is 1.11. The Morgan fingerprint density at radius 1 is 0.281 bits per heavy atom. The molecule has 0 fully saturated rings. The van der Waals surface area contributed by atoms with Crippen molar-refractivity contribution in [3.8, 4) is 22.3 Å². The van der Waals surface area contributed by atoms with E-state index in [4.69, 9.17) is 0 Å². The smallest absolute Gasteiger partial charge is 0.0726 e. The predicted molar refractivity (Wildman–Crippen MR) is 243 cm³/mol. The minimum absolute atomic E-state index is 0.422. The van der Waals surface area contributed by atoms with Gasteiger partial charge in [0.2, 0.25) is 0 Å².